The summed E-state index contributed by atoms with van der Waals surface area (Å²) >= 11 is 0. The van der Waals surface area contributed by atoms with Gasteiger partial charge in [-0.3, -0.25) is 9.69 Å². The van der Waals surface area contributed by atoms with Crippen LogP contribution in [0.15, 0.2) is 24.3 Å². The molecule has 1 saturated heterocycles. The molecule has 21 heavy (non-hydrogen) atoms. The molecule has 3 unspecified atom stereocenters. The number of amides is 1. The van der Waals surface area contributed by atoms with E-state index in [1.165, 1.54) is 5.56 Å². The summed E-state index contributed by atoms with van der Waals surface area (Å²) in [6, 6.07) is 9.20. The van der Waals surface area contributed by atoms with Crippen molar-refractivity contribution < 1.29 is 4.79 Å². The smallest absolute Gasteiger partial charge is 0.241 e. The maximum atomic E-state index is 12.8. The van der Waals surface area contributed by atoms with Crippen LogP contribution in [0.25, 0.3) is 0 Å². The Morgan fingerprint density at radius 3 is 2.81 bits per heavy atom. The maximum absolute atomic E-state index is 12.8. The van der Waals surface area contributed by atoms with E-state index >= 15 is 0 Å². The van der Waals surface area contributed by atoms with E-state index in [1.807, 2.05) is 17.0 Å². The SMILES string of the molecule is CC1CC(N)CCN1CC(=O)N1c2ccccc2CC1C. The van der Waals surface area contributed by atoms with Gasteiger partial charge in [-0.15, -0.1) is 0 Å². The number of nitrogens with zero attached hydrogens (tertiary/aromatic N) is 2. The molecule has 2 aliphatic rings. The van der Waals surface area contributed by atoms with Gasteiger partial charge in [0.1, 0.15) is 0 Å². The fourth-order valence-electron chi connectivity index (χ4n) is 3.69. The van der Waals surface area contributed by atoms with E-state index in [0.29, 0.717) is 12.6 Å². The Bertz CT molecular complexity index is 531. The van der Waals surface area contributed by atoms with Crippen molar-refractivity contribution in [3.63, 3.8) is 0 Å². The number of para-hydroxylation sites is 1. The van der Waals surface area contributed by atoms with Crippen molar-refractivity contribution in [2.75, 3.05) is 18.0 Å². The zero-order valence-electron chi connectivity index (χ0n) is 13.0. The van der Waals surface area contributed by atoms with Crippen LogP contribution in [0.4, 0.5) is 5.69 Å². The number of anilines is 1. The van der Waals surface area contributed by atoms with Gasteiger partial charge in [-0.05, 0) is 44.7 Å². The summed E-state index contributed by atoms with van der Waals surface area (Å²) in [6.45, 7) is 5.74. The van der Waals surface area contributed by atoms with Crippen LogP contribution in [0.5, 0.6) is 0 Å². The van der Waals surface area contributed by atoms with Crippen molar-refractivity contribution in [1.29, 1.82) is 0 Å². The molecule has 0 radical (unpaired) electrons. The van der Waals surface area contributed by atoms with Crippen LogP contribution in [0.1, 0.15) is 32.3 Å². The highest BCUT2D eigenvalue weighted by molar-refractivity contribution is 5.97. The van der Waals surface area contributed by atoms with Gasteiger partial charge in [0.2, 0.25) is 5.91 Å². The van der Waals surface area contributed by atoms with E-state index in [4.69, 9.17) is 5.73 Å². The van der Waals surface area contributed by atoms with Crippen LogP contribution >= 0.6 is 0 Å². The minimum Gasteiger partial charge on any atom is -0.328 e. The number of hydrogen-bond acceptors (Lipinski definition) is 3. The van der Waals surface area contributed by atoms with Gasteiger partial charge in [0.15, 0.2) is 0 Å². The second kappa shape index (κ2) is 5.78. The average Bonchev–Trinajstić information content (AvgIpc) is 2.77. The molecule has 114 valence electrons. The molecule has 1 aromatic rings. The van der Waals surface area contributed by atoms with Gasteiger partial charge in [-0.2, -0.15) is 0 Å². The third-order valence-corrected chi connectivity index (χ3v) is 4.87. The van der Waals surface area contributed by atoms with Crippen LogP contribution in [-0.4, -0.2) is 42.0 Å². The van der Waals surface area contributed by atoms with Crippen molar-refractivity contribution in [3.8, 4) is 0 Å². The van der Waals surface area contributed by atoms with Crippen LogP contribution in [0.3, 0.4) is 0 Å². The molecule has 0 bridgehead atoms. The second-order valence-electron chi connectivity index (χ2n) is 6.55. The van der Waals surface area contributed by atoms with E-state index in [0.717, 1.165) is 31.5 Å². The van der Waals surface area contributed by atoms with Crippen LogP contribution < -0.4 is 10.6 Å². The number of likely N-dealkylation sites (tertiary alicyclic amines) is 1. The van der Waals surface area contributed by atoms with E-state index < -0.39 is 0 Å². The highest BCUT2D eigenvalue weighted by atomic mass is 16.2. The monoisotopic (exact) mass is 287 g/mol. The van der Waals surface area contributed by atoms with Gasteiger partial charge < -0.3 is 10.6 Å². The molecule has 3 atom stereocenters. The van der Waals surface area contributed by atoms with Gasteiger partial charge in [-0.1, -0.05) is 18.2 Å². The molecular formula is C17H25N3O. The molecule has 1 fully saturated rings. The number of fused-ring (bicyclic) bond motifs is 1. The van der Waals surface area contributed by atoms with Crippen molar-refractivity contribution in [1.82, 2.24) is 4.90 Å². The Morgan fingerprint density at radius 1 is 1.29 bits per heavy atom. The molecule has 2 aliphatic heterocycles. The van der Waals surface area contributed by atoms with Crippen molar-refractivity contribution >= 4 is 11.6 Å². The van der Waals surface area contributed by atoms with Gasteiger partial charge in [0.25, 0.3) is 0 Å². The predicted molar refractivity (Wildman–Crippen MR) is 85.3 cm³/mol. The fourth-order valence-corrected chi connectivity index (χ4v) is 3.69. The molecule has 2 N–H and O–H groups in total. The number of piperidine rings is 1. The summed E-state index contributed by atoms with van der Waals surface area (Å²) in [6.07, 6.45) is 2.94. The molecule has 0 saturated carbocycles. The van der Waals surface area contributed by atoms with E-state index in [-0.39, 0.29) is 18.0 Å². The van der Waals surface area contributed by atoms with E-state index in [2.05, 4.69) is 30.9 Å². The normalized spacial score (nSPS) is 29.5. The Labute approximate surface area is 126 Å². The van der Waals surface area contributed by atoms with Crippen molar-refractivity contribution in [3.05, 3.63) is 29.8 Å². The number of benzene rings is 1. The standard InChI is InChI=1S/C17H25N3O/c1-12-10-15(18)7-8-19(12)11-17(21)20-13(2)9-14-5-3-4-6-16(14)20/h3-6,12-13,15H,7-11,18H2,1-2H3. The Hall–Kier alpha value is -1.39. The van der Waals surface area contributed by atoms with E-state index in [9.17, 15) is 4.79 Å². The first-order valence-corrected chi connectivity index (χ1v) is 7.96. The molecule has 0 aliphatic carbocycles. The lowest BCUT2D eigenvalue weighted by Gasteiger charge is -2.37. The van der Waals surface area contributed by atoms with Gasteiger partial charge in [0.05, 0.1) is 6.54 Å². The molecule has 0 aromatic heterocycles. The molecular weight excluding hydrogens is 262 g/mol. The number of carbonyl (C=O) groups is 1. The number of nitrogens with two attached hydrogens (primary N) is 1. The Morgan fingerprint density at radius 2 is 2.05 bits per heavy atom. The lowest BCUT2D eigenvalue weighted by Crippen LogP contribution is -2.50. The van der Waals surface area contributed by atoms with Gasteiger partial charge in [0, 0.05) is 30.4 Å². The summed E-state index contributed by atoms with van der Waals surface area (Å²) in [5.74, 6) is 0.217. The third kappa shape index (κ3) is 2.83. The zero-order chi connectivity index (χ0) is 15.0. The first-order chi connectivity index (χ1) is 10.1. The van der Waals surface area contributed by atoms with E-state index in [1.54, 1.807) is 0 Å². The van der Waals surface area contributed by atoms with Crippen LogP contribution in [-0.2, 0) is 11.2 Å². The summed E-state index contributed by atoms with van der Waals surface area (Å²) < 4.78 is 0. The number of carbonyl (C=O) groups excluding carboxylic acids is 1. The van der Waals surface area contributed by atoms with Gasteiger partial charge in [-0.25, -0.2) is 0 Å². The fraction of sp³-hybridized carbons (Fsp3) is 0.588. The molecule has 0 spiro atoms. The van der Waals surface area contributed by atoms with Crippen LogP contribution in [0, 0.1) is 0 Å². The van der Waals surface area contributed by atoms with Crippen LogP contribution in [0.2, 0.25) is 0 Å². The molecule has 1 aromatic carbocycles. The predicted octanol–water partition coefficient (Wildman–Crippen LogP) is 1.78. The summed E-state index contributed by atoms with van der Waals surface area (Å²) in [7, 11) is 0. The molecule has 2 heterocycles. The number of rotatable bonds is 2. The topological polar surface area (TPSA) is 49.6 Å². The van der Waals surface area contributed by atoms with Crippen molar-refractivity contribution in [2.45, 2.75) is 51.2 Å². The quantitative estimate of drug-likeness (QED) is 0.902. The second-order valence-corrected chi connectivity index (χ2v) is 6.55. The largest absolute Gasteiger partial charge is 0.328 e. The number of hydrogen-bond donors (Lipinski definition) is 1. The lowest BCUT2D eigenvalue weighted by molar-refractivity contribution is -0.120. The first-order valence-electron chi connectivity index (χ1n) is 7.96. The third-order valence-electron chi connectivity index (χ3n) is 4.87. The Kier molecular flexibility index (Phi) is 4.00. The Balaban J connectivity index is 1.71. The van der Waals surface area contributed by atoms with Gasteiger partial charge >= 0.3 is 0 Å². The lowest BCUT2D eigenvalue weighted by atomic mass is 9.99. The zero-order valence-corrected chi connectivity index (χ0v) is 13.0. The minimum absolute atomic E-state index is 0.217. The first kappa shape index (κ1) is 14.5. The highest BCUT2D eigenvalue weighted by Crippen LogP contribution is 2.32. The molecule has 4 nitrogen and oxygen atoms in total. The molecule has 4 heteroatoms. The summed E-state index contributed by atoms with van der Waals surface area (Å²) in [4.78, 5) is 17.0. The average molecular weight is 287 g/mol. The van der Waals surface area contributed by atoms with Crippen molar-refractivity contribution in [2.24, 2.45) is 5.73 Å². The summed E-state index contributed by atoms with van der Waals surface area (Å²) in [5.41, 5.74) is 8.38. The highest BCUT2D eigenvalue weighted by Gasteiger charge is 2.33. The maximum Gasteiger partial charge on any atom is 0.241 e. The molecule has 3 rings (SSSR count). The minimum atomic E-state index is 0.217. The summed E-state index contributed by atoms with van der Waals surface area (Å²) in [5, 5.41) is 0. The molecule has 1 amide bonds.